The minimum atomic E-state index is 0.0113. The van der Waals surface area contributed by atoms with E-state index < -0.39 is 0 Å². The maximum absolute atomic E-state index is 11.7. The number of aryl methyl sites for hydroxylation is 1. The number of carbonyl (C=O) groups excluding carboxylic acids is 1. The van der Waals surface area contributed by atoms with Crippen molar-refractivity contribution in [2.45, 2.75) is 33.2 Å². The molecule has 0 aliphatic carbocycles. The second-order valence-corrected chi connectivity index (χ2v) is 5.95. The van der Waals surface area contributed by atoms with Crippen molar-refractivity contribution >= 4 is 11.9 Å². The number of nitrogens with zero attached hydrogens (tertiary/aromatic N) is 2. The first-order chi connectivity index (χ1) is 11.5. The summed E-state index contributed by atoms with van der Waals surface area (Å²) in [5, 5.41) is 6.35. The molecule has 0 radical (unpaired) electrons. The lowest BCUT2D eigenvalue weighted by atomic mass is 10.1. The van der Waals surface area contributed by atoms with Gasteiger partial charge in [-0.15, -0.1) is 0 Å². The van der Waals surface area contributed by atoms with Crippen molar-refractivity contribution in [2.75, 3.05) is 34.3 Å². The fourth-order valence-electron chi connectivity index (χ4n) is 2.08. The predicted octanol–water partition coefficient (Wildman–Crippen LogP) is 1.93. The SMILES string of the molecule is CCCCNC(=NCc1cc(C)cc(OC)c1)NCC(=O)N(C)C. The molecular weight excluding hydrogens is 304 g/mol. The standard InChI is InChI=1S/C18H30N4O2/c1-6-7-8-19-18(21-13-17(23)22(3)4)20-12-15-9-14(2)10-16(11-15)24-5/h9-11H,6-8,12-13H2,1-5H3,(H2,19,20,21). The summed E-state index contributed by atoms with van der Waals surface area (Å²) in [6, 6.07) is 6.05. The van der Waals surface area contributed by atoms with E-state index in [1.807, 2.05) is 19.1 Å². The van der Waals surface area contributed by atoms with Gasteiger partial charge < -0.3 is 20.3 Å². The number of benzene rings is 1. The van der Waals surface area contributed by atoms with Crippen LogP contribution in [0.4, 0.5) is 0 Å². The Morgan fingerprint density at radius 3 is 2.62 bits per heavy atom. The molecule has 24 heavy (non-hydrogen) atoms. The van der Waals surface area contributed by atoms with Crippen molar-refractivity contribution < 1.29 is 9.53 Å². The molecule has 0 unspecified atom stereocenters. The van der Waals surface area contributed by atoms with E-state index >= 15 is 0 Å². The monoisotopic (exact) mass is 334 g/mol. The zero-order chi connectivity index (χ0) is 17.9. The number of guanidine groups is 1. The molecule has 0 aliphatic heterocycles. The third kappa shape index (κ3) is 7.35. The first kappa shape index (κ1) is 19.8. The summed E-state index contributed by atoms with van der Waals surface area (Å²) >= 11 is 0. The Morgan fingerprint density at radius 2 is 2.00 bits per heavy atom. The zero-order valence-electron chi connectivity index (χ0n) is 15.5. The maximum atomic E-state index is 11.7. The van der Waals surface area contributed by atoms with Crippen LogP contribution in [0.25, 0.3) is 0 Å². The Bertz CT molecular complexity index is 556. The molecule has 0 fully saturated rings. The molecule has 0 bridgehead atoms. The Kier molecular flexibility index (Phi) is 8.68. The van der Waals surface area contributed by atoms with E-state index in [9.17, 15) is 4.79 Å². The molecule has 0 saturated carbocycles. The number of aliphatic imine (C=N–C) groups is 1. The molecule has 0 atom stereocenters. The molecule has 1 aromatic rings. The average Bonchev–Trinajstić information content (AvgIpc) is 2.55. The summed E-state index contributed by atoms with van der Waals surface area (Å²) in [5.41, 5.74) is 2.21. The lowest BCUT2D eigenvalue weighted by molar-refractivity contribution is -0.127. The van der Waals surface area contributed by atoms with Crippen LogP contribution >= 0.6 is 0 Å². The van der Waals surface area contributed by atoms with Crippen molar-refractivity contribution in [1.29, 1.82) is 0 Å². The van der Waals surface area contributed by atoms with Crippen LogP contribution in [0.1, 0.15) is 30.9 Å². The molecule has 1 rings (SSSR count). The second kappa shape index (κ2) is 10.5. The Hall–Kier alpha value is -2.24. The lowest BCUT2D eigenvalue weighted by Gasteiger charge is -2.15. The average molecular weight is 334 g/mol. The van der Waals surface area contributed by atoms with Gasteiger partial charge in [-0.3, -0.25) is 4.79 Å². The number of unbranched alkanes of at least 4 members (excludes halogenated alkanes) is 1. The van der Waals surface area contributed by atoms with Crippen molar-refractivity contribution in [1.82, 2.24) is 15.5 Å². The Labute approximate surface area is 145 Å². The summed E-state index contributed by atoms with van der Waals surface area (Å²) in [4.78, 5) is 17.9. The quantitative estimate of drug-likeness (QED) is 0.433. The summed E-state index contributed by atoms with van der Waals surface area (Å²) in [5.74, 6) is 1.49. The Balaban J connectivity index is 2.75. The topological polar surface area (TPSA) is 66.0 Å². The fraction of sp³-hybridized carbons (Fsp3) is 0.556. The first-order valence-electron chi connectivity index (χ1n) is 8.33. The third-order valence-corrected chi connectivity index (χ3v) is 3.49. The van der Waals surface area contributed by atoms with E-state index in [1.165, 1.54) is 0 Å². The molecular formula is C18H30N4O2. The predicted molar refractivity (Wildman–Crippen MR) is 98.5 cm³/mol. The molecule has 0 spiro atoms. The van der Waals surface area contributed by atoms with E-state index in [1.54, 1.807) is 26.1 Å². The van der Waals surface area contributed by atoms with Gasteiger partial charge in [0, 0.05) is 20.6 Å². The van der Waals surface area contributed by atoms with Gasteiger partial charge >= 0.3 is 0 Å². The normalized spacial score (nSPS) is 11.1. The second-order valence-electron chi connectivity index (χ2n) is 5.95. The van der Waals surface area contributed by atoms with Crippen LogP contribution in [0.15, 0.2) is 23.2 Å². The van der Waals surface area contributed by atoms with E-state index in [0.717, 1.165) is 36.3 Å². The van der Waals surface area contributed by atoms with Gasteiger partial charge in [0.05, 0.1) is 20.2 Å². The molecule has 0 aromatic heterocycles. The third-order valence-electron chi connectivity index (χ3n) is 3.49. The van der Waals surface area contributed by atoms with Gasteiger partial charge in [-0.05, 0) is 36.6 Å². The number of hydrogen-bond donors (Lipinski definition) is 2. The zero-order valence-corrected chi connectivity index (χ0v) is 15.5. The van der Waals surface area contributed by atoms with Crippen LogP contribution in [-0.4, -0.2) is 51.1 Å². The van der Waals surface area contributed by atoms with Gasteiger partial charge in [0.25, 0.3) is 0 Å². The van der Waals surface area contributed by atoms with Crippen LogP contribution in [0, 0.1) is 6.92 Å². The van der Waals surface area contributed by atoms with Gasteiger partial charge in [0.2, 0.25) is 5.91 Å². The van der Waals surface area contributed by atoms with Crippen LogP contribution in [0.5, 0.6) is 5.75 Å². The first-order valence-corrected chi connectivity index (χ1v) is 8.33. The van der Waals surface area contributed by atoms with Crippen LogP contribution < -0.4 is 15.4 Å². The largest absolute Gasteiger partial charge is 0.497 e. The summed E-state index contributed by atoms with van der Waals surface area (Å²) in [7, 11) is 5.14. The van der Waals surface area contributed by atoms with Crippen LogP contribution in [-0.2, 0) is 11.3 Å². The minimum Gasteiger partial charge on any atom is -0.497 e. The number of likely N-dealkylation sites (N-methyl/N-ethyl adjacent to an activating group) is 1. The van der Waals surface area contributed by atoms with Crippen LogP contribution in [0.2, 0.25) is 0 Å². The van der Waals surface area contributed by atoms with Gasteiger partial charge in [-0.25, -0.2) is 4.99 Å². The minimum absolute atomic E-state index is 0.0113. The number of carbonyl (C=O) groups is 1. The van der Waals surface area contributed by atoms with Crippen LogP contribution in [0.3, 0.4) is 0 Å². The van der Waals surface area contributed by atoms with E-state index in [-0.39, 0.29) is 12.5 Å². The molecule has 0 aliphatic rings. The van der Waals surface area contributed by atoms with E-state index in [4.69, 9.17) is 4.74 Å². The van der Waals surface area contributed by atoms with Crippen molar-refractivity contribution in [3.63, 3.8) is 0 Å². The summed E-state index contributed by atoms with van der Waals surface area (Å²) in [6.07, 6.45) is 2.16. The number of hydrogen-bond acceptors (Lipinski definition) is 3. The summed E-state index contributed by atoms with van der Waals surface area (Å²) in [6.45, 7) is 5.75. The molecule has 0 heterocycles. The van der Waals surface area contributed by atoms with Gasteiger partial charge in [-0.2, -0.15) is 0 Å². The molecule has 1 aromatic carbocycles. The molecule has 134 valence electrons. The number of ether oxygens (including phenoxy) is 1. The summed E-state index contributed by atoms with van der Waals surface area (Å²) < 4.78 is 5.30. The highest BCUT2D eigenvalue weighted by molar-refractivity contribution is 5.86. The molecule has 2 N–H and O–H groups in total. The number of amides is 1. The van der Waals surface area contributed by atoms with E-state index in [2.05, 4.69) is 28.6 Å². The number of rotatable bonds is 8. The molecule has 1 amide bonds. The van der Waals surface area contributed by atoms with Gasteiger partial charge in [-0.1, -0.05) is 19.4 Å². The highest BCUT2D eigenvalue weighted by Crippen LogP contribution is 2.16. The maximum Gasteiger partial charge on any atom is 0.241 e. The number of methoxy groups -OCH3 is 1. The molecule has 0 saturated heterocycles. The van der Waals surface area contributed by atoms with Gasteiger partial charge in [0.15, 0.2) is 5.96 Å². The fourth-order valence-corrected chi connectivity index (χ4v) is 2.08. The highest BCUT2D eigenvalue weighted by atomic mass is 16.5. The van der Waals surface area contributed by atoms with Crippen molar-refractivity contribution in [2.24, 2.45) is 4.99 Å². The lowest BCUT2D eigenvalue weighted by Crippen LogP contribution is -2.43. The van der Waals surface area contributed by atoms with E-state index in [0.29, 0.717) is 12.5 Å². The van der Waals surface area contributed by atoms with Crippen molar-refractivity contribution in [3.8, 4) is 5.75 Å². The van der Waals surface area contributed by atoms with Crippen molar-refractivity contribution in [3.05, 3.63) is 29.3 Å². The molecule has 6 nitrogen and oxygen atoms in total. The molecule has 6 heteroatoms. The highest BCUT2D eigenvalue weighted by Gasteiger charge is 2.06. The van der Waals surface area contributed by atoms with Gasteiger partial charge in [0.1, 0.15) is 5.75 Å². The smallest absolute Gasteiger partial charge is 0.241 e. The Morgan fingerprint density at radius 1 is 1.25 bits per heavy atom. The number of nitrogens with one attached hydrogen (secondary N) is 2.